The molecule has 0 aliphatic rings. The van der Waals surface area contributed by atoms with Gasteiger partial charge >= 0.3 is 11.9 Å². The maximum atomic E-state index is 12.9. The fourth-order valence-electron chi connectivity index (χ4n) is 7.25. The first-order valence-corrected chi connectivity index (χ1v) is 28.4. The average molecular weight is 966 g/mol. The first-order valence-electron chi connectivity index (χ1n) is 28.4. The van der Waals surface area contributed by atoms with E-state index in [4.69, 9.17) is 14.2 Å². The molecule has 1 unspecified atom stereocenters. The van der Waals surface area contributed by atoms with Crippen molar-refractivity contribution in [3.63, 3.8) is 0 Å². The molecule has 0 aromatic heterocycles. The molecule has 0 aliphatic carbocycles. The van der Waals surface area contributed by atoms with Crippen LogP contribution in [0, 0.1) is 0 Å². The van der Waals surface area contributed by atoms with Crippen LogP contribution in [0.5, 0.6) is 0 Å². The quantitative estimate of drug-likeness (QED) is 0.0345. The molecule has 70 heavy (non-hydrogen) atoms. The van der Waals surface area contributed by atoms with Gasteiger partial charge in [-0.15, -0.1) is 0 Å². The predicted molar refractivity (Wildman–Crippen MR) is 306 cm³/mol. The lowest BCUT2D eigenvalue weighted by Gasteiger charge is -2.18. The van der Waals surface area contributed by atoms with Crippen molar-refractivity contribution in [3.8, 4) is 0 Å². The number of carbonyl (C=O) groups is 2. The molecule has 394 valence electrons. The van der Waals surface area contributed by atoms with Gasteiger partial charge < -0.3 is 14.2 Å². The summed E-state index contributed by atoms with van der Waals surface area (Å²) in [6, 6.07) is 0. The number of carbonyl (C=O) groups excluding carboxylic acids is 2. The standard InChI is InChI=1S/C65H104O5/c1-4-7-10-13-16-19-22-25-28-31-33-35-37-40-43-46-49-52-55-58-64(66)69-62-63(61-68-60-57-54-51-48-45-42-39-30-27-24-21-18-15-12-9-6-3)70-65(67)59-56-53-50-47-44-41-38-36-34-32-29-26-23-20-17-14-11-8-5-2/h7-12,16-21,25-30,33-36,40,43,63H,4-6,13-15,22-24,31-32,37-39,41-42,44-62H2,1-3H3/b10-7-,11-8-,12-9-,19-16-,20-17-,21-18-,28-25-,29-26-,30-27-,35-33-,36-34-,43-40-. The van der Waals surface area contributed by atoms with Crippen molar-refractivity contribution >= 4 is 11.9 Å². The van der Waals surface area contributed by atoms with Crippen LogP contribution in [0.15, 0.2) is 146 Å². The molecule has 0 bridgehead atoms. The Kier molecular flexibility index (Phi) is 55.5. The monoisotopic (exact) mass is 965 g/mol. The number of esters is 2. The molecule has 5 heteroatoms. The number of hydrogen-bond donors (Lipinski definition) is 0. The third-order valence-electron chi connectivity index (χ3n) is 11.4. The number of unbranched alkanes of at least 4 members (excludes halogenated alkanes) is 15. The summed E-state index contributed by atoms with van der Waals surface area (Å²) in [6.07, 6.45) is 85.8. The first kappa shape index (κ1) is 65.8. The highest BCUT2D eigenvalue weighted by molar-refractivity contribution is 5.70. The molecule has 1 atom stereocenters. The fourth-order valence-corrected chi connectivity index (χ4v) is 7.25. The van der Waals surface area contributed by atoms with E-state index in [1.165, 1.54) is 44.9 Å². The molecule has 0 amide bonds. The highest BCUT2D eigenvalue weighted by Gasteiger charge is 2.17. The van der Waals surface area contributed by atoms with Crippen LogP contribution in [0.25, 0.3) is 0 Å². The van der Waals surface area contributed by atoms with Gasteiger partial charge in [0.1, 0.15) is 6.61 Å². The minimum atomic E-state index is -0.577. The van der Waals surface area contributed by atoms with E-state index in [0.29, 0.717) is 19.4 Å². The molecule has 0 saturated heterocycles. The summed E-state index contributed by atoms with van der Waals surface area (Å²) in [6.45, 7) is 7.40. The van der Waals surface area contributed by atoms with E-state index in [0.717, 1.165) is 148 Å². The Morgan fingerprint density at radius 3 is 0.971 bits per heavy atom. The molecule has 0 aliphatic heterocycles. The Bertz CT molecular complexity index is 1510. The second-order valence-corrected chi connectivity index (χ2v) is 18.0. The van der Waals surface area contributed by atoms with Crippen LogP contribution in [0.2, 0.25) is 0 Å². The fraction of sp³-hybridized carbons (Fsp3) is 0.600. The molecule has 0 aromatic rings. The Morgan fingerprint density at radius 2 is 0.600 bits per heavy atom. The highest BCUT2D eigenvalue weighted by Crippen LogP contribution is 2.13. The second-order valence-electron chi connectivity index (χ2n) is 18.0. The summed E-state index contributed by atoms with van der Waals surface area (Å²) in [7, 11) is 0. The molecule has 0 N–H and O–H groups in total. The summed E-state index contributed by atoms with van der Waals surface area (Å²) >= 11 is 0. The lowest BCUT2D eigenvalue weighted by atomic mass is 10.1. The van der Waals surface area contributed by atoms with Gasteiger partial charge in [0.25, 0.3) is 0 Å². The maximum Gasteiger partial charge on any atom is 0.306 e. The topological polar surface area (TPSA) is 61.8 Å². The van der Waals surface area contributed by atoms with Gasteiger partial charge in [0.2, 0.25) is 0 Å². The largest absolute Gasteiger partial charge is 0.462 e. The maximum absolute atomic E-state index is 12.9. The van der Waals surface area contributed by atoms with Crippen LogP contribution in [-0.4, -0.2) is 37.9 Å². The lowest BCUT2D eigenvalue weighted by Crippen LogP contribution is -2.30. The van der Waals surface area contributed by atoms with Crippen LogP contribution in [0.3, 0.4) is 0 Å². The van der Waals surface area contributed by atoms with Crippen LogP contribution in [-0.2, 0) is 23.8 Å². The summed E-state index contributed by atoms with van der Waals surface area (Å²) in [4.78, 5) is 25.5. The summed E-state index contributed by atoms with van der Waals surface area (Å²) in [5.41, 5.74) is 0. The van der Waals surface area contributed by atoms with Gasteiger partial charge in [0.05, 0.1) is 6.61 Å². The molecule has 0 heterocycles. The molecule has 5 nitrogen and oxygen atoms in total. The third kappa shape index (κ3) is 56.4. The minimum absolute atomic E-state index is 0.0466. The Labute approximate surface area is 431 Å². The second kappa shape index (κ2) is 59.1. The average Bonchev–Trinajstić information content (AvgIpc) is 3.36. The van der Waals surface area contributed by atoms with Crippen molar-refractivity contribution in [3.05, 3.63) is 146 Å². The Balaban J connectivity index is 4.43. The minimum Gasteiger partial charge on any atom is -0.462 e. The lowest BCUT2D eigenvalue weighted by molar-refractivity contribution is -0.163. The number of rotatable bonds is 50. The van der Waals surface area contributed by atoms with Gasteiger partial charge in [-0.25, -0.2) is 0 Å². The molecular formula is C65H104O5. The zero-order valence-electron chi connectivity index (χ0n) is 45.2. The first-order chi connectivity index (χ1) is 34.6. The predicted octanol–water partition coefficient (Wildman–Crippen LogP) is 19.7. The van der Waals surface area contributed by atoms with E-state index in [9.17, 15) is 9.59 Å². The van der Waals surface area contributed by atoms with Gasteiger partial charge in [-0.2, -0.15) is 0 Å². The van der Waals surface area contributed by atoms with Crippen molar-refractivity contribution in [1.29, 1.82) is 0 Å². The molecule has 0 rings (SSSR count). The van der Waals surface area contributed by atoms with E-state index in [1.54, 1.807) is 0 Å². The zero-order valence-corrected chi connectivity index (χ0v) is 45.2. The van der Waals surface area contributed by atoms with Crippen molar-refractivity contribution in [1.82, 2.24) is 0 Å². The molecule has 0 radical (unpaired) electrons. The molecular weight excluding hydrogens is 861 g/mol. The van der Waals surface area contributed by atoms with Gasteiger partial charge in [-0.3, -0.25) is 9.59 Å². The van der Waals surface area contributed by atoms with Crippen molar-refractivity contribution in [2.45, 2.75) is 232 Å². The molecule has 0 aromatic carbocycles. The van der Waals surface area contributed by atoms with Crippen LogP contribution >= 0.6 is 0 Å². The van der Waals surface area contributed by atoms with Gasteiger partial charge in [-0.1, -0.05) is 224 Å². The smallest absolute Gasteiger partial charge is 0.306 e. The van der Waals surface area contributed by atoms with Gasteiger partial charge in [-0.05, 0) is 135 Å². The summed E-state index contributed by atoms with van der Waals surface area (Å²) in [5, 5.41) is 0. The number of hydrogen-bond acceptors (Lipinski definition) is 5. The molecule has 0 spiro atoms. The van der Waals surface area contributed by atoms with Crippen molar-refractivity contribution in [2.75, 3.05) is 19.8 Å². The SMILES string of the molecule is CC/C=C\C/C=C\C/C=C\C/C=C\C/C=C\CCCCCC(=O)OCC(COCCCCCCCC/C=C\C/C=C\C/C=C\CC)OC(=O)CCCCCCCC/C=C\C/C=C\C/C=C\C/C=C\CC. The van der Waals surface area contributed by atoms with Gasteiger partial charge in [0, 0.05) is 19.4 Å². The van der Waals surface area contributed by atoms with E-state index in [2.05, 4.69) is 167 Å². The summed E-state index contributed by atoms with van der Waals surface area (Å²) < 4.78 is 17.4. The highest BCUT2D eigenvalue weighted by atomic mass is 16.6. The van der Waals surface area contributed by atoms with Crippen molar-refractivity contribution in [2.24, 2.45) is 0 Å². The van der Waals surface area contributed by atoms with Crippen LogP contribution in [0.4, 0.5) is 0 Å². The molecule has 0 fully saturated rings. The Hall–Kier alpha value is -4.22. The normalized spacial score (nSPS) is 13.4. The van der Waals surface area contributed by atoms with E-state index >= 15 is 0 Å². The summed E-state index contributed by atoms with van der Waals surface area (Å²) in [5.74, 6) is -0.467. The molecule has 0 saturated carbocycles. The van der Waals surface area contributed by atoms with Gasteiger partial charge in [0.15, 0.2) is 6.10 Å². The van der Waals surface area contributed by atoms with E-state index in [1.807, 2.05) is 0 Å². The zero-order chi connectivity index (χ0) is 50.6. The van der Waals surface area contributed by atoms with Crippen LogP contribution in [0.1, 0.15) is 226 Å². The van der Waals surface area contributed by atoms with Crippen LogP contribution < -0.4 is 0 Å². The van der Waals surface area contributed by atoms with E-state index in [-0.39, 0.29) is 25.2 Å². The Morgan fingerprint density at radius 1 is 0.314 bits per heavy atom. The number of ether oxygens (including phenoxy) is 3. The van der Waals surface area contributed by atoms with E-state index < -0.39 is 6.10 Å². The number of allylic oxidation sites excluding steroid dienone is 24. The van der Waals surface area contributed by atoms with Crippen molar-refractivity contribution < 1.29 is 23.8 Å². The third-order valence-corrected chi connectivity index (χ3v) is 11.4.